The summed E-state index contributed by atoms with van der Waals surface area (Å²) in [5, 5.41) is 0.558. The van der Waals surface area contributed by atoms with E-state index in [0.717, 1.165) is 19.8 Å². The zero-order valence-electron chi connectivity index (χ0n) is 12.9. The summed E-state index contributed by atoms with van der Waals surface area (Å²) in [7, 11) is 3.52. The molecule has 1 heterocycles. The average molecular weight is 290 g/mol. The summed E-state index contributed by atoms with van der Waals surface area (Å²) in [6, 6.07) is 0.366. The first-order valence-electron chi connectivity index (χ1n) is 7.18. The summed E-state index contributed by atoms with van der Waals surface area (Å²) in [5.41, 5.74) is 6.28. The molecule has 114 valence electrons. The Bertz CT molecular complexity index is 256. The number of hydrogen-bond acceptors (Lipinski definition) is 5. The van der Waals surface area contributed by atoms with Crippen molar-refractivity contribution in [2.24, 2.45) is 5.73 Å². The minimum absolute atomic E-state index is 0.0827. The fraction of sp³-hybridized carbons (Fsp3) is 1.00. The van der Waals surface area contributed by atoms with Crippen LogP contribution in [0.2, 0.25) is 0 Å². The predicted octanol–water partition coefficient (Wildman–Crippen LogP) is 1.58. The Morgan fingerprint density at radius 2 is 2.16 bits per heavy atom. The van der Waals surface area contributed by atoms with Gasteiger partial charge in [-0.05, 0) is 25.5 Å². The first kappa shape index (κ1) is 17.2. The molecular weight excluding hydrogens is 260 g/mol. The van der Waals surface area contributed by atoms with Crippen molar-refractivity contribution in [1.29, 1.82) is 0 Å². The molecule has 4 nitrogen and oxygen atoms in total. The van der Waals surface area contributed by atoms with Crippen LogP contribution in [-0.4, -0.2) is 68.0 Å². The fourth-order valence-electron chi connectivity index (χ4n) is 3.16. The van der Waals surface area contributed by atoms with Gasteiger partial charge in [0.05, 0.1) is 13.2 Å². The van der Waals surface area contributed by atoms with E-state index in [0.29, 0.717) is 17.8 Å². The van der Waals surface area contributed by atoms with Crippen molar-refractivity contribution in [3.05, 3.63) is 0 Å². The van der Waals surface area contributed by atoms with Crippen molar-refractivity contribution >= 4 is 11.8 Å². The highest BCUT2D eigenvalue weighted by Gasteiger charge is 2.44. The molecule has 0 bridgehead atoms. The standard InChI is InChI=1S/C14H30N2O2S/c1-12(10-18-4)16(7-8-17-3)14(11-15)6-5-9-19-13(14)2/h12-13H,5-11,15H2,1-4H3. The molecule has 0 radical (unpaired) electrons. The Balaban J connectivity index is 2.89. The van der Waals surface area contributed by atoms with Crippen LogP contribution in [0.25, 0.3) is 0 Å². The monoisotopic (exact) mass is 290 g/mol. The molecule has 0 amide bonds. The third-order valence-electron chi connectivity index (χ3n) is 4.28. The Labute approximate surface area is 122 Å². The van der Waals surface area contributed by atoms with Crippen LogP contribution >= 0.6 is 11.8 Å². The van der Waals surface area contributed by atoms with E-state index in [4.69, 9.17) is 15.2 Å². The lowest BCUT2D eigenvalue weighted by molar-refractivity contribution is -0.00613. The van der Waals surface area contributed by atoms with Gasteiger partial charge >= 0.3 is 0 Å². The molecule has 1 saturated heterocycles. The molecule has 3 atom stereocenters. The maximum atomic E-state index is 6.20. The second-order valence-electron chi connectivity index (χ2n) is 5.41. The summed E-state index contributed by atoms with van der Waals surface area (Å²) in [6.07, 6.45) is 2.42. The topological polar surface area (TPSA) is 47.7 Å². The Morgan fingerprint density at radius 1 is 1.42 bits per heavy atom. The van der Waals surface area contributed by atoms with Crippen molar-refractivity contribution in [2.75, 3.05) is 46.3 Å². The Hall–Kier alpha value is 0.190. The molecule has 0 spiro atoms. The van der Waals surface area contributed by atoms with E-state index in [1.807, 2.05) is 11.8 Å². The third kappa shape index (κ3) is 4.08. The maximum absolute atomic E-state index is 6.20. The second-order valence-corrected chi connectivity index (χ2v) is 6.86. The van der Waals surface area contributed by atoms with Gasteiger partial charge in [0.25, 0.3) is 0 Å². The summed E-state index contributed by atoms with van der Waals surface area (Å²) in [6.45, 7) is 7.65. The maximum Gasteiger partial charge on any atom is 0.0615 e. The average Bonchev–Trinajstić information content (AvgIpc) is 2.41. The lowest BCUT2D eigenvalue weighted by atomic mass is 9.86. The van der Waals surface area contributed by atoms with Gasteiger partial charge in [0.1, 0.15) is 0 Å². The van der Waals surface area contributed by atoms with Crippen LogP contribution in [-0.2, 0) is 9.47 Å². The molecule has 1 aliphatic rings. The number of thioether (sulfide) groups is 1. The Kier molecular flexibility index (Phi) is 7.69. The van der Waals surface area contributed by atoms with Gasteiger partial charge in [0, 0.05) is 44.1 Å². The molecule has 5 heteroatoms. The molecule has 0 aliphatic carbocycles. The van der Waals surface area contributed by atoms with Gasteiger partial charge in [0.15, 0.2) is 0 Å². The van der Waals surface area contributed by atoms with Gasteiger partial charge in [-0.25, -0.2) is 0 Å². The van der Waals surface area contributed by atoms with Crippen molar-refractivity contribution in [2.45, 2.75) is 43.5 Å². The summed E-state index contributed by atoms with van der Waals surface area (Å²) < 4.78 is 10.6. The lowest BCUT2D eigenvalue weighted by Crippen LogP contribution is -2.64. The summed E-state index contributed by atoms with van der Waals surface area (Å²) >= 11 is 2.04. The minimum atomic E-state index is 0.0827. The minimum Gasteiger partial charge on any atom is -0.383 e. The van der Waals surface area contributed by atoms with Crippen LogP contribution in [0.5, 0.6) is 0 Å². The zero-order chi connectivity index (χ0) is 14.3. The molecule has 1 fully saturated rings. The summed E-state index contributed by atoms with van der Waals surface area (Å²) in [5.74, 6) is 1.25. The van der Waals surface area contributed by atoms with Crippen molar-refractivity contribution in [1.82, 2.24) is 4.90 Å². The molecule has 19 heavy (non-hydrogen) atoms. The fourth-order valence-corrected chi connectivity index (χ4v) is 4.49. The smallest absolute Gasteiger partial charge is 0.0615 e. The molecule has 0 saturated carbocycles. The number of nitrogens with zero attached hydrogens (tertiary/aromatic N) is 1. The molecule has 3 unspecified atom stereocenters. The molecule has 0 aromatic rings. The van der Waals surface area contributed by atoms with Crippen LogP contribution in [0.1, 0.15) is 26.7 Å². The SMILES string of the molecule is COCCN(C(C)COC)C1(CN)CCCSC1C. The molecule has 0 aromatic heterocycles. The quantitative estimate of drug-likeness (QED) is 0.735. The third-order valence-corrected chi connectivity index (χ3v) is 5.74. The van der Waals surface area contributed by atoms with Gasteiger partial charge in [0.2, 0.25) is 0 Å². The first-order valence-corrected chi connectivity index (χ1v) is 8.23. The normalized spacial score (nSPS) is 29.7. The van der Waals surface area contributed by atoms with E-state index in [1.54, 1.807) is 14.2 Å². The molecule has 2 N–H and O–H groups in total. The van der Waals surface area contributed by atoms with Crippen LogP contribution in [0.15, 0.2) is 0 Å². The second kappa shape index (κ2) is 8.47. The van der Waals surface area contributed by atoms with Crippen molar-refractivity contribution < 1.29 is 9.47 Å². The van der Waals surface area contributed by atoms with E-state index in [-0.39, 0.29) is 5.54 Å². The van der Waals surface area contributed by atoms with Gasteiger partial charge in [-0.2, -0.15) is 11.8 Å². The number of nitrogens with two attached hydrogens (primary N) is 1. The van der Waals surface area contributed by atoms with E-state index in [9.17, 15) is 0 Å². The Morgan fingerprint density at radius 3 is 2.68 bits per heavy atom. The highest BCUT2D eigenvalue weighted by Crippen LogP contribution is 2.38. The van der Waals surface area contributed by atoms with Crippen LogP contribution < -0.4 is 5.73 Å². The zero-order valence-corrected chi connectivity index (χ0v) is 13.7. The van der Waals surface area contributed by atoms with Crippen LogP contribution in [0.4, 0.5) is 0 Å². The van der Waals surface area contributed by atoms with Gasteiger partial charge in [-0.3, -0.25) is 4.90 Å². The molecular formula is C14H30N2O2S. The van der Waals surface area contributed by atoms with E-state index in [1.165, 1.54) is 18.6 Å². The van der Waals surface area contributed by atoms with Gasteiger partial charge < -0.3 is 15.2 Å². The van der Waals surface area contributed by atoms with Crippen LogP contribution in [0.3, 0.4) is 0 Å². The van der Waals surface area contributed by atoms with E-state index < -0.39 is 0 Å². The first-order chi connectivity index (χ1) is 9.12. The summed E-state index contributed by atoms with van der Waals surface area (Å²) in [4.78, 5) is 2.52. The molecule has 1 aliphatic heterocycles. The van der Waals surface area contributed by atoms with Crippen molar-refractivity contribution in [3.8, 4) is 0 Å². The van der Waals surface area contributed by atoms with E-state index in [2.05, 4.69) is 18.7 Å². The lowest BCUT2D eigenvalue weighted by Gasteiger charge is -2.52. The number of rotatable bonds is 8. The number of methoxy groups -OCH3 is 2. The van der Waals surface area contributed by atoms with Crippen LogP contribution in [0, 0.1) is 0 Å². The number of hydrogen-bond donors (Lipinski definition) is 1. The molecule has 1 rings (SSSR count). The molecule has 0 aromatic carbocycles. The number of ether oxygens (including phenoxy) is 2. The van der Waals surface area contributed by atoms with Crippen molar-refractivity contribution in [3.63, 3.8) is 0 Å². The van der Waals surface area contributed by atoms with Gasteiger partial charge in [-0.1, -0.05) is 6.92 Å². The van der Waals surface area contributed by atoms with Gasteiger partial charge in [-0.15, -0.1) is 0 Å². The van der Waals surface area contributed by atoms with E-state index >= 15 is 0 Å². The largest absolute Gasteiger partial charge is 0.383 e. The highest BCUT2D eigenvalue weighted by molar-refractivity contribution is 8.00. The predicted molar refractivity (Wildman–Crippen MR) is 82.9 cm³/mol. The highest BCUT2D eigenvalue weighted by atomic mass is 32.2.